The van der Waals surface area contributed by atoms with Gasteiger partial charge in [0.25, 0.3) is 0 Å². The lowest BCUT2D eigenvalue weighted by Gasteiger charge is -2.24. The lowest BCUT2D eigenvalue weighted by molar-refractivity contribution is -0.138. The number of primary amides is 1. The number of nitrogens with two attached hydrogens (primary N) is 1. The Morgan fingerprint density at radius 3 is 2.67 bits per heavy atom. The molecule has 0 unspecified atom stereocenters. The smallest absolute Gasteiger partial charge is 0.326 e. The van der Waals surface area contributed by atoms with Crippen molar-refractivity contribution in [2.75, 3.05) is 5.32 Å². The van der Waals surface area contributed by atoms with Crippen molar-refractivity contribution in [2.24, 2.45) is 5.73 Å². The van der Waals surface area contributed by atoms with Gasteiger partial charge in [0.2, 0.25) is 5.91 Å². The van der Waals surface area contributed by atoms with Crippen LogP contribution in [0.4, 0.5) is 5.69 Å². The summed E-state index contributed by atoms with van der Waals surface area (Å²) in [5.41, 5.74) is 7.76. The summed E-state index contributed by atoms with van der Waals surface area (Å²) in [7, 11) is 0. The molecule has 2 aromatic carbocycles. The third-order valence-corrected chi connectivity index (χ3v) is 4.00. The Hall–Kier alpha value is -3.02. The molecule has 1 amide bonds. The fraction of sp³-hybridized carbons (Fsp3) is 0.222. The van der Waals surface area contributed by atoms with Gasteiger partial charge in [-0.05, 0) is 30.2 Å². The molecule has 1 heterocycles. The second-order valence-corrected chi connectivity index (χ2v) is 5.71. The van der Waals surface area contributed by atoms with E-state index in [-0.39, 0.29) is 12.8 Å². The maximum Gasteiger partial charge on any atom is 0.326 e. The van der Waals surface area contributed by atoms with Crippen LogP contribution in [0.3, 0.4) is 0 Å². The van der Waals surface area contributed by atoms with Crippen molar-refractivity contribution in [1.82, 2.24) is 0 Å². The quantitative estimate of drug-likeness (QED) is 0.646. The van der Waals surface area contributed by atoms with Gasteiger partial charge in [-0.2, -0.15) is 0 Å². The SMILES string of the molecule is NC(=O)CC[C@H](Nc1cccc2c1Cc1ccccc1O2)C(=O)O. The maximum absolute atomic E-state index is 11.4. The molecule has 0 radical (unpaired) electrons. The Labute approximate surface area is 139 Å². The van der Waals surface area contributed by atoms with E-state index < -0.39 is 17.9 Å². The highest BCUT2D eigenvalue weighted by Gasteiger charge is 2.23. The first-order valence-corrected chi connectivity index (χ1v) is 7.70. The summed E-state index contributed by atoms with van der Waals surface area (Å²) in [6.07, 6.45) is 0.793. The van der Waals surface area contributed by atoms with Crippen LogP contribution in [0.5, 0.6) is 11.5 Å². The van der Waals surface area contributed by atoms with E-state index in [1.54, 1.807) is 0 Å². The minimum atomic E-state index is -1.02. The van der Waals surface area contributed by atoms with E-state index in [9.17, 15) is 14.7 Å². The van der Waals surface area contributed by atoms with Crippen molar-refractivity contribution in [1.29, 1.82) is 0 Å². The molecule has 0 fully saturated rings. The highest BCUT2D eigenvalue weighted by atomic mass is 16.5. The first-order chi connectivity index (χ1) is 11.5. The molecule has 4 N–H and O–H groups in total. The van der Waals surface area contributed by atoms with Crippen LogP contribution in [-0.4, -0.2) is 23.0 Å². The number of para-hydroxylation sites is 1. The van der Waals surface area contributed by atoms with E-state index in [0.717, 1.165) is 16.9 Å². The van der Waals surface area contributed by atoms with Crippen LogP contribution in [0.25, 0.3) is 0 Å². The summed E-state index contributed by atoms with van der Waals surface area (Å²) < 4.78 is 5.90. The van der Waals surface area contributed by atoms with Crippen LogP contribution in [0.1, 0.15) is 24.0 Å². The number of rotatable bonds is 6. The van der Waals surface area contributed by atoms with Crippen molar-refractivity contribution in [3.8, 4) is 11.5 Å². The molecule has 0 bridgehead atoms. The molecule has 3 rings (SSSR count). The average Bonchev–Trinajstić information content (AvgIpc) is 2.56. The van der Waals surface area contributed by atoms with E-state index in [4.69, 9.17) is 10.5 Å². The molecular weight excluding hydrogens is 308 g/mol. The number of benzene rings is 2. The first kappa shape index (κ1) is 15.9. The van der Waals surface area contributed by atoms with Gasteiger partial charge in [-0.25, -0.2) is 4.79 Å². The van der Waals surface area contributed by atoms with E-state index >= 15 is 0 Å². The third kappa shape index (κ3) is 3.32. The van der Waals surface area contributed by atoms with Crippen molar-refractivity contribution in [3.05, 3.63) is 53.6 Å². The molecule has 6 heteroatoms. The van der Waals surface area contributed by atoms with Crippen LogP contribution >= 0.6 is 0 Å². The highest BCUT2D eigenvalue weighted by molar-refractivity contribution is 5.80. The van der Waals surface area contributed by atoms with Gasteiger partial charge >= 0.3 is 5.97 Å². The molecule has 0 saturated carbocycles. The second kappa shape index (κ2) is 6.62. The Kier molecular flexibility index (Phi) is 4.37. The molecule has 0 aromatic heterocycles. The van der Waals surface area contributed by atoms with Crippen LogP contribution in [0.15, 0.2) is 42.5 Å². The Balaban J connectivity index is 1.85. The summed E-state index contributed by atoms with van der Waals surface area (Å²) in [5.74, 6) is -0.0233. The number of carboxylic acid groups (broad SMARTS) is 1. The lowest BCUT2D eigenvalue weighted by Crippen LogP contribution is -2.31. The summed E-state index contributed by atoms with van der Waals surface area (Å²) in [4.78, 5) is 22.4. The van der Waals surface area contributed by atoms with Crippen LogP contribution in [-0.2, 0) is 16.0 Å². The van der Waals surface area contributed by atoms with Gasteiger partial charge in [-0.3, -0.25) is 4.79 Å². The zero-order valence-electron chi connectivity index (χ0n) is 13.0. The van der Waals surface area contributed by atoms with Crippen molar-refractivity contribution in [2.45, 2.75) is 25.3 Å². The zero-order valence-corrected chi connectivity index (χ0v) is 13.0. The minimum absolute atomic E-state index is 0.0122. The Morgan fingerprint density at radius 2 is 1.92 bits per heavy atom. The lowest BCUT2D eigenvalue weighted by atomic mass is 9.98. The topological polar surface area (TPSA) is 102 Å². The molecule has 24 heavy (non-hydrogen) atoms. The summed E-state index contributed by atoms with van der Waals surface area (Å²) in [5, 5.41) is 12.4. The predicted octanol–water partition coefficient (Wildman–Crippen LogP) is 2.51. The van der Waals surface area contributed by atoms with Crippen molar-refractivity contribution < 1.29 is 19.4 Å². The van der Waals surface area contributed by atoms with Crippen LogP contribution in [0.2, 0.25) is 0 Å². The van der Waals surface area contributed by atoms with Gasteiger partial charge in [0.05, 0.1) is 0 Å². The number of nitrogens with one attached hydrogen (secondary N) is 1. The predicted molar refractivity (Wildman–Crippen MR) is 89.2 cm³/mol. The first-order valence-electron chi connectivity index (χ1n) is 7.70. The van der Waals surface area contributed by atoms with Gasteiger partial charge in [-0.1, -0.05) is 24.3 Å². The van der Waals surface area contributed by atoms with Crippen LogP contribution < -0.4 is 15.8 Å². The summed E-state index contributed by atoms with van der Waals surface area (Å²) >= 11 is 0. The molecule has 1 aliphatic heterocycles. The maximum atomic E-state index is 11.4. The number of carbonyl (C=O) groups is 2. The van der Waals surface area contributed by atoms with E-state index in [0.29, 0.717) is 17.9 Å². The number of anilines is 1. The van der Waals surface area contributed by atoms with E-state index in [1.165, 1.54) is 0 Å². The van der Waals surface area contributed by atoms with Gasteiger partial charge in [0.15, 0.2) is 0 Å². The largest absolute Gasteiger partial charge is 0.480 e. The fourth-order valence-corrected chi connectivity index (χ4v) is 2.77. The van der Waals surface area contributed by atoms with Gasteiger partial charge in [-0.15, -0.1) is 0 Å². The highest BCUT2D eigenvalue weighted by Crippen LogP contribution is 2.39. The van der Waals surface area contributed by atoms with Crippen LogP contribution in [0, 0.1) is 0 Å². The van der Waals surface area contributed by atoms with Crippen molar-refractivity contribution >= 4 is 17.6 Å². The van der Waals surface area contributed by atoms with Gasteiger partial charge in [0, 0.05) is 24.1 Å². The summed E-state index contributed by atoms with van der Waals surface area (Å²) in [6, 6.07) is 12.3. The number of ether oxygens (including phenoxy) is 1. The van der Waals surface area contributed by atoms with E-state index in [1.807, 2.05) is 42.5 Å². The molecule has 0 spiro atoms. The van der Waals surface area contributed by atoms with Gasteiger partial charge < -0.3 is 20.9 Å². The number of hydrogen-bond donors (Lipinski definition) is 3. The number of hydrogen-bond acceptors (Lipinski definition) is 4. The number of aliphatic carboxylic acids is 1. The zero-order chi connectivity index (χ0) is 17.1. The Morgan fingerprint density at radius 1 is 1.17 bits per heavy atom. The molecule has 1 aliphatic rings. The molecular formula is C18H18N2O4. The second-order valence-electron chi connectivity index (χ2n) is 5.71. The molecule has 0 aliphatic carbocycles. The molecule has 6 nitrogen and oxygen atoms in total. The van der Waals surface area contributed by atoms with E-state index in [2.05, 4.69) is 5.32 Å². The summed E-state index contributed by atoms with van der Waals surface area (Å²) in [6.45, 7) is 0. The molecule has 1 atom stereocenters. The number of amides is 1. The third-order valence-electron chi connectivity index (χ3n) is 4.00. The molecule has 0 saturated heterocycles. The molecule has 2 aromatic rings. The monoisotopic (exact) mass is 326 g/mol. The minimum Gasteiger partial charge on any atom is -0.480 e. The average molecular weight is 326 g/mol. The van der Waals surface area contributed by atoms with Gasteiger partial charge in [0.1, 0.15) is 17.5 Å². The van der Waals surface area contributed by atoms with Crippen molar-refractivity contribution in [3.63, 3.8) is 0 Å². The number of fused-ring (bicyclic) bond motifs is 2. The molecule has 124 valence electrons. The normalized spacial score (nSPS) is 13.2. The number of carbonyl (C=O) groups excluding carboxylic acids is 1. The fourth-order valence-electron chi connectivity index (χ4n) is 2.77. The number of carboxylic acids is 1. The Bertz CT molecular complexity index is 788. The standard InChI is InChI=1S/C18H18N2O4/c19-17(21)9-8-14(18(22)23)20-13-5-3-7-16-12(13)10-11-4-1-2-6-15(11)24-16/h1-7,14,20H,8-10H2,(H2,19,21)(H,22,23)/t14-/m0/s1.